The van der Waals surface area contributed by atoms with Crippen LogP contribution in [0, 0.1) is 0 Å². The van der Waals surface area contributed by atoms with Crippen LogP contribution in [0.4, 0.5) is 5.82 Å². The predicted octanol–water partition coefficient (Wildman–Crippen LogP) is 1.94. The van der Waals surface area contributed by atoms with Crippen molar-refractivity contribution in [1.29, 1.82) is 0 Å². The van der Waals surface area contributed by atoms with Gasteiger partial charge in [0, 0.05) is 11.9 Å². The lowest BCUT2D eigenvalue weighted by atomic mass is 10.2. The van der Waals surface area contributed by atoms with Gasteiger partial charge >= 0.3 is 5.97 Å². The van der Waals surface area contributed by atoms with E-state index >= 15 is 0 Å². The number of carbonyl (C=O) groups is 1. The Morgan fingerprint density at radius 1 is 1.50 bits per heavy atom. The molecule has 1 heterocycles. The Bertz CT molecular complexity index is 387. The maximum atomic E-state index is 11.5. The summed E-state index contributed by atoms with van der Waals surface area (Å²) in [6.07, 6.45) is 1.73. The van der Waals surface area contributed by atoms with Crippen molar-refractivity contribution >= 4 is 23.5 Å². The first-order chi connectivity index (χ1) is 8.40. The van der Waals surface area contributed by atoms with Crippen molar-refractivity contribution in [3.05, 3.63) is 23.9 Å². The molecule has 0 saturated heterocycles. The summed E-state index contributed by atoms with van der Waals surface area (Å²) >= 11 is 1.50. The smallest absolute Gasteiger partial charge is 0.316 e. The molecule has 0 atom stereocenters. The second kappa shape index (κ2) is 6.61. The van der Waals surface area contributed by atoms with Crippen molar-refractivity contribution < 1.29 is 9.53 Å². The number of hydrogen-bond acceptors (Lipinski definition) is 6. The molecule has 0 amide bonds. The van der Waals surface area contributed by atoms with Crippen LogP contribution in [0.15, 0.2) is 18.3 Å². The van der Waals surface area contributed by atoms with E-state index in [4.69, 9.17) is 10.6 Å². The lowest BCUT2D eigenvalue weighted by Gasteiger charge is -2.19. The minimum absolute atomic E-state index is 0.194. The predicted molar refractivity (Wildman–Crippen MR) is 74.1 cm³/mol. The fourth-order valence-corrected chi connectivity index (χ4v) is 1.95. The van der Waals surface area contributed by atoms with Crippen LogP contribution in [-0.2, 0) is 15.3 Å². The largest absolute Gasteiger partial charge is 0.459 e. The highest BCUT2D eigenvalue weighted by molar-refractivity contribution is 7.99. The molecule has 0 aliphatic heterocycles. The molecule has 5 nitrogen and oxygen atoms in total. The number of thioether (sulfide) groups is 1. The van der Waals surface area contributed by atoms with Crippen LogP contribution in [0.1, 0.15) is 26.3 Å². The SMILES string of the molecule is CC(C)(C)OC(=O)CSCc1ccc(NN)nc1. The van der Waals surface area contributed by atoms with Gasteiger partial charge in [-0.15, -0.1) is 11.8 Å². The average Bonchev–Trinajstić information content (AvgIpc) is 2.27. The van der Waals surface area contributed by atoms with E-state index in [1.54, 1.807) is 12.3 Å². The van der Waals surface area contributed by atoms with Gasteiger partial charge in [-0.05, 0) is 32.4 Å². The van der Waals surface area contributed by atoms with E-state index in [9.17, 15) is 4.79 Å². The number of rotatable bonds is 5. The van der Waals surface area contributed by atoms with Crippen molar-refractivity contribution in [2.24, 2.45) is 5.84 Å². The number of nitrogens with two attached hydrogens (primary N) is 1. The summed E-state index contributed by atoms with van der Waals surface area (Å²) in [6.45, 7) is 5.58. The third kappa shape index (κ3) is 5.88. The number of pyridine rings is 1. The molecule has 0 saturated carbocycles. The van der Waals surface area contributed by atoms with Crippen LogP contribution >= 0.6 is 11.8 Å². The van der Waals surface area contributed by atoms with E-state index in [-0.39, 0.29) is 5.97 Å². The molecule has 6 heteroatoms. The van der Waals surface area contributed by atoms with Gasteiger partial charge in [0.25, 0.3) is 0 Å². The van der Waals surface area contributed by atoms with Gasteiger partial charge < -0.3 is 10.2 Å². The van der Waals surface area contributed by atoms with Crippen molar-refractivity contribution in [1.82, 2.24) is 4.98 Å². The molecule has 0 bridgehead atoms. The molecule has 1 rings (SSSR count). The summed E-state index contributed by atoms with van der Waals surface area (Å²) in [4.78, 5) is 15.6. The summed E-state index contributed by atoms with van der Waals surface area (Å²) < 4.78 is 5.21. The highest BCUT2D eigenvalue weighted by Gasteiger charge is 2.15. The second-order valence-electron chi connectivity index (χ2n) is 4.78. The Hall–Kier alpha value is -1.27. The number of aromatic nitrogens is 1. The summed E-state index contributed by atoms with van der Waals surface area (Å²) in [5.41, 5.74) is 3.08. The van der Waals surface area contributed by atoms with E-state index in [0.717, 1.165) is 11.3 Å². The first-order valence-electron chi connectivity index (χ1n) is 5.62. The first kappa shape index (κ1) is 14.8. The number of esters is 1. The summed E-state index contributed by atoms with van der Waals surface area (Å²) in [5, 5.41) is 0. The minimum atomic E-state index is -0.423. The molecule has 3 N–H and O–H groups in total. The fraction of sp³-hybridized carbons (Fsp3) is 0.500. The number of nitrogen functional groups attached to an aromatic ring is 1. The molecule has 0 aliphatic rings. The number of nitrogens with zero attached hydrogens (tertiary/aromatic N) is 1. The fourth-order valence-electron chi connectivity index (χ4n) is 1.22. The lowest BCUT2D eigenvalue weighted by molar-refractivity contribution is -0.151. The number of hydrazine groups is 1. The van der Waals surface area contributed by atoms with Gasteiger partial charge in [0.2, 0.25) is 0 Å². The van der Waals surface area contributed by atoms with E-state index < -0.39 is 5.60 Å². The average molecular weight is 269 g/mol. The summed E-state index contributed by atoms with van der Waals surface area (Å²) in [6, 6.07) is 3.72. The summed E-state index contributed by atoms with van der Waals surface area (Å²) in [5.74, 6) is 6.71. The van der Waals surface area contributed by atoms with E-state index in [2.05, 4.69) is 10.4 Å². The molecular formula is C12H19N3O2S. The third-order valence-electron chi connectivity index (χ3n) is 1.88. The molecule has 1 aromatic heterocycles. The monoisotopic (exact) mass is 269 g/mol. The second-order valence-corrected chi connectivity index (χ2v) is 5.76. The van der Waals surface area contributed by atoms with Crippen molar-refractivity contribution in [2.45, 2.75) is 32.1 Å². The van der Waals surface area contributed by atoms with Gasteiger partial charge in [0.05, 0.1) is 5.75 Å². The Morgan fingerprint density at radius 3 is 2.72 bits per heavy atom. The Morgan fingerprint density at radius 2 is 2.22 bits per heavy atom. The van der Waals surface area contributed by atoms with E-state index in [1.165, 1.54) is 11.8 Å². The molecular weight excluding hydrogens is 250 g/mol. The lowest BCUT2D eigenvalue weighted by Crippen LogP contribution is -2.24. The van der Waals surface area contributed by atoms with Gasteiger partial charge in [-0.3, -0.25) is 4.79 Å². The molecule has 100 valence electrons. The molecule has 1 aromatic rings. The quantitative estimate of drug-likeness (QED) is 0.483. The summed E-state index contributed by atoms with van der Waals surface area (Å²) in [7, 11) is 0. The van der Waals surface area contributed by atoms with Crippen molar-refractivity contribution in [3.8, 4) is 0 Å². The molecule has 18 heavy (non-hydrogen) atoms. The van der Waals surface area contributed by atoms with E-state index in [1.807, 2.05) is 26.8 Å². The number of ether oxygens (including phenoxy) is 1. The topological polar surface area (TPSA) is 77.2 Å². The molecule has 0 radical (unpaired) electrons. The molecule has 0 aromatic carbocycles. The number of anilines is 1. The van der Waals surface area contributed by atoms with Crippen LogP contribution in [0.2, 0.25) is 0 Å². The molecule has 0 unspecified atom stereocenters. The van der Waals surface area contributed by atoms with Crippen LogP contribution < -0.4 is 11.3 Å². The normalized spacial score (nSPS) is 11.1. The minimum Gasteiger partial charge on any atom is -0.459 e. The highest BCUT2D eigenvalue weighted by atomic mass is 32.2. The maximum Gasteiger partial charge on any atom is 0.316 e. The van der Waals surface area contributed by atoms with Crippen LogP contribution in [-0.4, -0.2) is 22.3 Å². The maximum absolute atomic E-state index is 11.5. The Labute approximate surface area is 111 Å². The van der Waals surface area contributed by atoms with Gasteiger partial charge in [0.1, 0.15) is 11.4 Å². The first-order valence-corrected chi connectivity index (χ1v) is 6.77. The van der Waals surface area contributed by atoms with E-state index in [0.29, 0.717) is 11.6 Å². The third-order valence-corrected chi connectivity index (χ3v) is 2.86. The zero-order chi connectivity index (χ0) is 13.6. The number of carbonyl (C=O) groups excluding carboxylic acids is 1. The van der Waals surface area contributed by atoms with Gasteiger partial charge in [-0.2, -0.15) is 0 Å². The van der Waals surface area contributed by atoms with Crippen LogP contribution in [0.25, 0.3) is 0 Å². The standard InChI is InChI=1S/C12H19N3O2S/c1-12(2,3)17-11(16)8-18-7-9-4-5-10(15-13)14-6-9/h4-6H,7-8,13H2,1-3H3,(H,14,15). The Kier molecular flexibility index (Phi) is 5.43. The number of nitrogens with one attached hydrogen (secondary N) is 1. The van der Waals surface area contributed by atoms with Gasteiger partial charge in [-0.25, -0.2) is 10.8 Å². The van der Waals surface area contributed by atoms with Crippen molar-refractivity contribution in [3.63, 3.8) is 0 Å². The molecule has 0 spiro atoms. The van der Waals surface area contributed by atoms with Gasteiger partial charge in [0.15, 0.2) is 0 Å². The van der Waals surface area contributed by atoms with Gasteiger partial charge in [-0.1, -0.05) is 6.07 Å². The Balaban J connectivity index is 2.30. The molecule has 0 fully saturated rings. The number of hydrogen-bond donors (Lipinski definition) is 2. The zero-order valence-corrected chi connectivity index (χ0v) is 11.7. The zero-order valence-electron chi connectivity index (χ0n) is 10.9. The van der Waals surface area contributed by atoms with Crippen molar-refractivity contribution in [2.75, 3.05) is 11.2 Å². The molecule has 0 aliphatic carbocycles. The van der Waals surface area contributed by atoms with Crippen LogP contribution in [0.3, 0.4) is 0 Å². The van der Waals surface area contributed by atoms with Crippen LogP contribution in [0.5, 0.6) is 0 Å². The highest BCUT2D eigenvalue weighted by Crippen LogP contribution is 2.15.